The van der Waals surface area contributed by atoms with Crippen LogP contribution in [0.2, 0.25) is 0 Å². The first-order valence-electron chi connectivity index (χ1n) is 7.30. The van der Waals surface area contributed by atoms with Gasteiger partial charge < -0.3 is 5.32 Å². The van der Waals surface area contributed by atoms with Crippen molar-refractivity contribution < 1.29 is 9.18 Å². The van der Waals surface area contributed by atoms with E-state index in [1.54, 1.807) is 0 Å². The molecule has 1 fully saturated rings. The van der Waals surface area contributed by atoms with Crippen molar-refractivity contribution in [2.45, 2.75) is 39.2 Å². The number of amides is 1. The van der Waals surface area contributed by atoms with Gasteiger partial charge in [0, 0.05) is 12.2 Å². The normalized spacial score (nSPS) is 18.9. The molecule has 1 aliphatic rings. The number of carbonyl (C=O) groups is 1. The maximum absolute atomic E-state index is 12.6. The van der Waals surface area contributed by atoms with Crippen molar-refractivity contribution in [3.63, 3.8) is 0 Å². The van der Waals surface area contributed by atoms with Gasteiger partial charge in [-0.2, -0.15) is 0 Å². The second-order valence-electron chi connectivity index (χ2n) is 5.49. The van der Waals surface area contributed by atoms with E-state index in [0.717, 1.165) is 42.6 Å². The first kappa shape index (κ1) is 17.9. The molecule has 1 heterocycles. The molecule has 0 unspecified atom stereocenters. The van der Waals surface area contributed by atoms with Gasteiger partial charge >= 0.3 is 0 Å². The molecule has 0 aliphatic carbocycles. The number of piperidine rings is 1. The lowest BCUT2D eigenvalue weighted by molar-refractivity contribution is -0.122. The predicted octanol–water partition coefficient (Wildman–Crippen LogP) is 3.49. The minimum absolute atomic E-state index is 0. The standard InChI is InChI=1S/C16H23FN2O.ClH/c1-12-6-5-7-13(2)15(12)18-16(20)14-8-3-4-10-19(14)11-9-17;/h5-7,14H,3-4,8-11H2,1-2H3,(H,18,20);1H/t14-;/m0./s1. The highest BCUT2D eigenvalue weighted by molar-refractivity contribution is 5.96. The maximum Gasteiger partial charge on any atom is 0.241 e. The number of alkyl halides is 1. The van der Waals surface area contributed by atoms with E-state index in [2.05, 4.69) is 5.32 Å². The molecule has 3 nitrogen and oxygen atoms in total. The van der Waals surface area contributed by atoms with E-state index >= 15 is 0 Å². The Kier molecular flexibility index (Phi) is 7.12. The molecule has 0 saturated carbocycles. The Labute approximate surface area is 132 Å². The number of halogens is 2. The van der Waals surface area contributed by atoms with Gasteiger partial charge in [0.05, 0.1) is 6.04 Å². The number of anilines is 1. The fourth-order valence-electron chi connectivity index (χ4n) is 2.88. The molecule has 1 N–H and O–H groups in total. The number of aryl methyl sites for hydroxylation is 2. The number of hydrogen-bond donors (Lipinski definition) is 1. The Balaban J connectivity index is 0.00000220. The quantitative estimate of drug-likeness (QED) is 0.922. The van der Waals surface area contributed by atoms with Gasteiger partial charge in [0.2, 0.25) is 5.91 Å². The van der Waals surface area contributed by atoms with E-state index in [0.29, 0.717) is 6.54 Å². The predicted molar refractivity (Wildman–Crippen MR) is 87.0 cm³/mol. The number of rotatable bonds is 4. The smallest absolute Gasteiger partial charge is 0.241 e. The van der Waals surface area contributed by atoms with Gasteiger partial charge in [-0.1, -0.05) is 24.6 Å². The third kappa shape index (κ3) is 4.42. The lowest BCUT2D eigenvalue weighted by Crippen LogP contribution is -2.47. The fourth-order valence-corrected chi connectivity index (χ4v) is 2.88. The zero-order valence-corrected chi connectivity index (χ0v) is 13.5. The zero-order valence-electron chi connectivity index (χ0n) is 12.7. The summed E-state index contributed by atoms with van der Waals surface area (Å²) in [7, 11) is 0. The van der Waals surface area contributed by atoms with Crippen LogP contribution in [-0.2, 0) is 4.79 Å². The van der Waals surface area contributed by atoms with Gasteiger partial charge in [-0.05, 0) is 44.4 Å². The average Bonchev–Trinajstić information content (AvgIpc) is 2.44. The number of carbonyl (C=O) groups excluding carboxylic acids is 1. The summed E-state index contributed by atoms with van der Waals surface area (Å²) in [5, 5.41) is 3.03. The topological polar surface area (TPSA) is 32.3 Å². The second kappa shape index (κ2) is 8.35. The van der Waals surface area contributed by atoms with E-state index < -0.39 is 6.67 Å². The highest BCUT2D eigenvalue weighted by Gasteiger charge is 2.28. The summed E-state index contributed by atoms with van der Waals surface area (Å²) in [4.78, 5) is 14.4. The third-order valence-electron chi connectivity index (χ3n) is 4.02. The first-order valence-corrected chi connectivity index (χ1v) is 7.30. The monoisotopic (exact) mass is 314 g/mol. The molecule has 1 aromatic rings. The number of nitrogens with zero attached hydrogens (tertiary/aromatic N) is 1. The molecule has 118 valence electrons. The Bertz CT molecular complexity index is 459. The molecule has 2 rings (SSSR count). The van der Waals surface area contributed by atoms with E-state index in [-0.39, 0.29) is 24.4 Å². The molecule has 0 radical (unpaired) electrons. The van der Waals surface area contributed by atoms with Gasteiger partial charge in [-0.25, -0.2) is 4.39 Å². The molecule has 1 atom stereocenters. The van der Waals surface area contributed by atoms with Crippen LogP contribution >= 0.6 is 12.4 Å². The third-order valence-corrected chi connectivity index (χ3v) is 4.02. The average molecular weight is 315 g/mol. The van der Waals surface area contributed by atoms with Crippen molar-refractivity contribution in [1.29, 1.82) is 0 Å². The molecule has 0 aromatic heterocycles. The van der Waals surface area contributed by atoms with Crippen LogP contribution in [0.25, 0.3) is 0 Å². The van der Waals surface area contributed by atoms with Crippen LogP contribution in [-0.4, -0.2) is 36.6 Å². The van der Waals surface area contributed by atoms with Gasteiger partial charge in [0.25, 0.3) is 0 Å². The Morgan fingerprint density at radius 3 is 2.62 bits per heavy atom. The van der Waals surface area contributed by atoms with Gasteiger partial charge in [0.15, 0.2) is 0 Å². The van der Waals surface area contributed by atoms with Crippen molar-refractivity contribution in [1.82, 2.24) is 4.90 Å². The Morgan fingerprint density at radius 2 is 2.00 bits per heavy atom. The summed E-state index contributed by atoms with van der Waals surface area (Å²) >= 11 is 0. The van der Waals surface area contributed by atoms with Crippen LogP contribution < -0.4 is 5.32 Å². The molecule has 1 saturated heterocycles. The summed E-state index contributed by atoms with van der Waals surface area (Å²) in [6.45, 7) is 4.75. The van der Waals surface area contributed by atoms with E-state index in [1.807, 2.05) is 36.9 Å². The number of para-hydroxylation sites is 1. The van der Waals surface area contributed by atoms with Gasteiger partial charge in [-0.15, -0.1) is 12.4 Å². The lowest BCUT2D eigenvalue weighted by Gasteiger charge is -2.34. The van der Waals surface area contributed by atoms with Crippen LogP contribution in [0.5, 0.6) is 0 Å². The summed E-state index contributed by atoms with van der Waals surface area (Å²) < 4.78 is 12.6. The van der Waals surface area contributed by atoms with E-state index in [1.165, 1.54) is 0 Å². The van der Waals surface area contributed by atoms with Gasteiger partial charge in [0.1, 0.15) is 6.67 Å². The van der Waals surface area contributed by atoms with E-state index in [9.17, 15) is 9.18 Å². The van der Waals surface area contributed by atoms with Crippen LogP contribution in [0.4, 0.5) is 10.1 Å². The van der Waals surface area contributed by atoms with Crippen LogP contribution in [0.1, 0.15) is 30.4 Å². The number of nitrogens with one attached hydrogen (secondary N) is 1. The number of benzene rings is 1. The Hall–Kier alpha value is -1.13. The fraction of sp³-hybridized carbons (Fsp3) is 0.562. The Morgan fingerprint density at radius 1 is 1.33 bits per heavy atom. The minimum Gasteiger partial charge on any atom is -0.324 e. The summed E-state index contributed by atoms with van der Waals surface area (Å²) in [6, 6.07) is 5.76. The number of hydrogen-bond acceptors (Lipinski definition) is 2. The number of likely N-dealkylation sites (tertiary alicyclic amines) is 1. The summed E-state index contributed by atoms with van der Waals surface area (Å²) in [5.74, 6) is -0.00412. The maximum atomic E-state index is 12.6. The van der Waals surface area contributed by atoms with Crippen molar-refractivity contribution in [3.05, 3.63) is 29.3 Å². The van der Waals surface area contributed by atoms with Crippen LogP contribution in [0, 0.1) is 13.8 Å². The SMILES string of the molecule is Cc1cccc(C)c1NC(=O)[C@@H]1CCCCN1CCF.Cl. The molecular formula is C16H24ClFN2O. The van der Waals surface area contributed by atoms with Crippen molar-refractivity contribution in [2.24, 2.45) is 0 Å². The minimum atomic E-state index is -0.396. The molecule has 0 spiro atoms. The van der Waals surface area contributed by atoms with Crippen LogP contribution in [0.3, 0.4) is 0 Å². The molecule has 1 amide bonds. The van der Waals surface area contributed by atoms with Crippen molar-refractivity contribution >= 4 is 24.0 Å². The molecule has 1 aromatic carbocycles. The van der Waals surface area contributed by atoms with Gasteiger partial charge in [-0.3, -0.25) is 9.69 Å². The van der Waals surface area contributed by atoms with E-state index in [4.69, 9.17) is 0 Å². The molecular weight excluding hydrogens is 291 g/mol. The van der Waals surface area contributed by atoms with Crippen molar-refractivity contribution in [3.8, 4) is 0 Å². The molecule has 21 heavy (non-hydrogen) atoms. The summed E-state index contributed by atoms with van der Waals surface area (Å²) in [5.41, 5.74) is 3.01. The molecule has 1 aliphatic heterocycles. The van der Waals surface area contributed by atoms with Crippen molar-refractivity contribution in [2.75, 3.05) is 25.1 Å². The second-order valence-corrected chi connectivity index (χ2v) is 5.49. The zero-order chi connectivity index (χ0) is 14.5. The highest BCUT2D eigenvalue weighted by Crippen LogP contribution is 2.22. The lowest BCUT2D eigenvalue weighted by atomic mass is 10.0. The molecule has 5 heteroatoms. The summed E-state index contributed by atoms with van der Waals surface area (Å²) in [6.07, 6.45) is 2.90. The highest BCUT2D eigenvalue weighted by atomic mass is 35.5. The largest absolute Gasteiger partial charge is 0.324 e. The van der Waals surface area contributed by atoms with Crippen LogP contribution in [0.15, 0.2) is 18.2 Å². The molecule has 0 bridgehead atoms. The first-order chi connectivity index (χ1) is 9.63.